The molecule has 2 aromatic carbocycles. The fourth-order valence-corrected chi connectivity index (χ4v) is 4.38. The van der Waals surface area contributed by atoms with Gasteiger partial charge in [0.05, 0.1) is 6.61 Å². The van der Waals surface area contributed by atoms with Crippen LogP contribution in [0, 0.1) is 6.92 Å². The van der Waals surface area contributed by atoms with Gasteiger partial charge in [-0.25, -0.2) is 4.68 Å². The smallest absolute Gasteiger partial charge is 0.226 e. The van der Waals surface area contributed by atoms with Crippen molar-refractivity contribution in [1.82, 2.24) is 14.8 Å². The van der Waals surface area contributed by atoms with E-state index in [1.807, 2.05) is 54.1 Å². The van der Waals surface area contributed by atoms with Crippen molar-refractivity contribution in [3.8, 4) is 17.1 Å². The van der Waals surface area contributed by atoms with Crippen LogP contribution in [0.2, 0.25) is 0 Å². The number of carbonyl (C=O) groups is 1. The van der Waals surface area contributed by atoms with E-state index >= 15 is 0 Å². The van der Waals surface area contributed by atoms with Gasteiger partial charge in [-0.3, -0.25) is 4.79 Å². The Kier molecular flexibility index (Phi) is 4.62. The molecule has 1 aliphatic heterocycles. The Morgan fingerprint density at radius 2 is 1.93 bits per heavy atom. The maximum Gasteiger partial charge on any atom is 0.226 e. The van der Waals surface area contributed by atoms with Crippen LogP contribution in [0.1, 0.15) is 43.4 Å². The molecule has 30 heavy (non-hydrogen) atoms. The highest BCUT2D eigenvalue weighted by molar-refractivity contribution is 5.99. The average Bonchev–Trinajstić information content (AvgIpc) is 3.17. The molecule has 0 spiro atoms. The standard InChI is InChI=1S/C24H24N4O2/c1-3-30-20-14-7-6-11-17(20)22-21-18(12-8-13-19(21)29)25-24-26-23(27-28(22)24)16-10-5-4-9-15(16)2/h4-7,9-11,14,22H,3,8,12-13H2,1-2H3,(H,25,26,27). The first-order valence-corrected chi connectivity index (χ1v) is 10.4. The van der Waals surface area contributed by atoms with Crippen LogP contribution in [0.5, 0.6) is 5.75 Å². The van der Waals surface area contributed by atoms with Crippen molar-refractivity contribution in [2.45, 2.75) is 39.2 Å². The summed E-state index contributed by atoms with van der Waals surface area (Å²) < 4.78 is 7.76. The average molecular weight is 400 g/mol. The number of Topliss-reactive ketones (excluding diaryl/α,β-unsaturated/α-hetero) is 1. The topological polar surface area (TPSA) is 69.0 Å². The summed E-state index contributed by atoms with van der Waals surface area (Å²) in [6, 6.07) is 15.6. The minimum absolute atomic E-state index is 0.165. The molecule has 1 aliphatic carbocycles. The molecule has 6 heteroatoms. The van der Waals surface area contributed by atoms with Gasteiger partial charge < -0.3 is 10.1 Å². The maximum atomic E-state index is 13.0. The van der Waals surface area contributed by atoms with Crippen molar-refractivity contribution in [1.29, 1.82) is 0 Å². The Morgan fingerprint density at radius 1 is 1.13 bits per heavy atom. The second-order valence-electron chi connectivity index (χ2n) is 7.69. The quantitative estimate of drug-likeness (QED) is 0.689. The molecule has 5 rings (SSSR count). The summed E-state index contributed by atoms with van der Waals surface area (Å²) in [5.41, 5.74) is 4.77. The third kappa shape index (κ3) is 3.00. The number of rotatable bonds is 4. The summed E-state index contributed by atoms with van der Waals surface area (Å²) in [6.07, 6.45) is 2.24. The van der Waals surface area contributed by atoms with Gasteiger partial charge in [0, 0.05) is 28.8 Å². The van der Waals surface area contributed by atoms with Gasteiger partial charge in [0.15, 0.2) is 11.6 Å². The van der Waals surface area contributed by atoms with Gasteiger partial charge in [0.1, 0.15) is 11.8 Å². The van der Waals surface area contributed by atoms with Crippen LogP contribution in [0.15, 0.2) is 59.8 Å². The number of benzene rings is 2. The van der Waals surface area contributed by atoms with Gasteiger partial charge in [0.2, 0.25) is 5.95 Å². The van der Waals surface area contributed by atoms with Gasteiger partial charge in [-0.15, -0.1) is 5.10 Å². The van der Waals surface area contributed by atoms with Crippen LogP contribution in [0.25, 0.3) is 11.4 Å². The molecule has 1 aromatic heterocycles. The molecule has 6 nitrogen and oxygen atoms in total. The Morgan fingerprint density at radius 3 is 2.77 bits per heavy atom. The summed E-state index contributed by atoms with van der Waals surface area (Å²) >= 11 is 0. The van der Waals surface area contributed by atoms with E-state index in [1.54, 1.807) is 0 Å². The normalized spacial score (nSPS) is 17.9. The van der Waals surface area contributed by atoms with E-state index in [4.69, 9.17) is 14.8 Å². The fourth-order valence-electron chi connectivity index (χ4n) is 4.38. The van der Waals surface area contributed by atoms with Crippen LogP contribution in [0.4, 0.5) is 5.95 Å². The summed E-state index contributed by atoms with van der Waals surface area (Å²) in [4.78, 5) is 17.8. The lowest BCUT2D eigenvalue weighted by atomic mass is 9.85. The Bertz CT molecular complexity index is 1160. The number of ketones is 1. The molecule has 1 N–H and O–H groups in total. The first-order chi connectivity index (χ1) is 14.7. The van der Waals surface area contributed by atoms with Gasteiger partial charge in [-0.1, -0.05) is 42.5 Å². The summed E-state index contributed by atoms with van der Waals surface area (Å²) in [7, 11) is 0. The highest BCUT2D eigenvalue weighted by Gasteiger charge is 2.38. The zero-order valence-corrected chi connectivity index (χ0v) is 17.2. The molecule has 0 bridgehead atoms. The molecule has 1 atom stereocenters. The number of allylic oxidation sites excluding steroid dienone is 2. The number of fused-ring (bicyclic) bond motifs is 1. The number of hydrogen-bond donors (Lipinski definition) is 1. The van der Waals surface area contributed by atoms with Crippen molar-refractivity contribution in [2.75, 3.05) is 11.9 Å². The number of anilines is 1. The number of aryl methyl sites for hydroxylation is 1. The van der Waals surface area contributed by atoms with Crippen LogP contribution in [-0.4, -0.2) is 27.2 Å². The van der Waals surface area contributed by atoms with E-state index in [2.05, 4.69) is 18.3 Å². The predicted molar refractivity (Wildman–Crippen MR) is 115 cm³/mol. The third-order valence-electron chi connectivity index (χ3n) is 5.77. The fraction of sp³-hybridized carbons (Fsp3) is 0.292. The first-order valence-electron chi connectivity index (χ1n) is 10.4. The molecule has 2 heterocycles. The number of nitrogens with one attached hydrogen (secondary N) is 1. The molecule has 0 fully saturated rings. The van der Waals surface area contributed by atoms with Gasteiger partial charge in [0.25, 0.3) is 0 Å². The number of ether oxygens (including phenoxy) is 1. The summed E-state index contributed by atoms with van der Waals surface area (Å²) in [6.45, 7) is 4.57. The zero-order chi connectivity index (χ0) is 20.7. The molecule has 3 aromatic rings. The molecular formula is C24H24N4O2. The van der Waals surface area contributed by atoms with Crippen molar-refractivity contribution in [2.24, 2.45) is 0 Å². The monoisotopic (exact) mass is 400 g/mol. The first kappa shape index (κ1) is 18.6. The summed E-state index contributed by atoms with van der Waals surface area (Å²) in [5, 5.41) is 8.26. The van der Waals surface area contributed by atoms with Crippen LogP contribution in [-0.2, 0) is 4.79 Å². The van der Waals surface area contributed by atoms with E-state index in [1.165, 1.54) is 0 Å². The van der Waals surface area contributed by atoms with Crippen LogP contribution in [0.3, 0.4) is 0 Å². The molecule has 0 radical (unpaired) electrons. The summed E-state index contributed by atoms with van der Waals surface area (Å²) in [5.74, 6) is 2.26. The molecule has 0 saturated heterocycles. The van der Waals surface area contributed by atoms with E-state index in [0.717, 1.165) is 46.6 Å². The van der Waals surface area contributed by atoms with Crippen LogP contribution >= 0.6 is 0 Å². The highest BCUT2D eigenvalue weighted by atomic mass is 16.5. The predicted octanol–water partition coefficient (Wildman–Crippen LogP) is 4.67. The van der Waals surface area contributed by atoms with Gasteiger partial charge in [-0.2, -0.15) is 4.98 Å². The second-order valence-corrected chi connectivity index (χ2v) is 7.69. The number of carbonyl (C=O) groups excluding carboxylic acids is 1. The van der Waals surface area contributed by atoms with Gasteiger partial charge >= 0.3 is 0 Å². The number of nitrogens with zero attached hydrogens (tertiary/aromatic N) is 3. The van der Waals surface area contributed by atoms with Crippen molar-refractivity contribution in [3.63, 3.8) is 0 Å². The number of hydrogen-bond acceptors (Lipinski definition) is 5. The third-order valence-corrected chi connectivity index (χ3v) is 5.77. The molecule has 1 unspecified atom stereocenters. The van der Waals surface area contributed by atoms with Crippen molar-refractivity contribution in [3.05, 3.63) is 70.9 Å². The van der Waals surface area contributed by atoms with Crippen molar-refractivity contribution >= 4 is 11.7 Å². The lowest BCUT2D eigenvalue weighted by molar-refractivity contribution is -0.116. The van der Waals surface area contributed by atoms with E-state index in [9.17, 15) is 4.79 Å². The van der Waals surface area contributed by atoms with Gasteiger partial charge in [-0.05, 0) is 38.3 Å². The Balaban J connectivity index is 1.71. The minimum Gasteiger partial charge on any atom is -0.494 e. The SMILES string of the molecule is CCOc1ccccc1C1C2=C(CCCC2=O)Nc2nc(-c3ccccc3C)nn21. The second kappa shape index (κ2) is 7.44. The van der Waals surface area contributed by atoms with E-state index in [-0.39, 0.29) is 11.8 Å². The van der Waals surface area contributed by atoms with Crippen LogP contribution < -0.4 is 10.1 Å². The zero-order valence-electron chi connectivity index (χ0n) is 17.2. The maximum absolute atomic E-state index is 13.0. The van der Waals surface area contributed by atoms with Crippen molar-refractivity contribution < 1.29 is 9.53 Å². The highest BCUT2D eigenvalue weighted by Crippen LogP contribution is 2.43. The lowest BCUT2D eigenvalue weighted by Crippen LogP contribution is -2.31. The lowest BCUT2D eigenvalue weighted by Gasteiger charge is -2.32. The molecule has 0 saturated carbocycles. The Hall–Kier alpha value is -3.41. The van der Waals surface area contributed by atoms with E-state index < -0.39 is 0 Å². The molecule has 2 aliphatic rings. The molecule has 152 valence electrons. The largest absolute Gasteiger partial charge is 0.494 e. The minimum atomic E-state index is -0.350. The number of aromatic nitrogens is 3. The Labute approximate surface area is 175 Å². The van der Waals surface area contributed by atoms with E-state index in [0.29, 0.717) is 24.8 Å². The molecular weight excluding hydrogens is 376 g/mol. The molecule has 0 amide bonds. The number of para-hydroxylation sites is 1.